The Morgan fingerprint density at radius 2 is 1.29 bits per heavy atom. The summed E-state index contributed by atoms with van der Waals surface area (Å²) >= 11 is 0. The number of hydrogen-bond donors (Lipinski definition) is 0. The van der Waals surface area contributed by atoms with Crippen LogP contribution in [-0.2, 0) is 12.8 Å². The molecular formula is C34H44FNO2. The first-order valence-electron chi connectivity index (χ1n) is 14.7. The van der Waals surface area contributed by atoms with Gasteiger partial charge in [0, 0.05) is 11.8 Å². The zero-order valence-electron chi connectivity index (χ0n) is 23.3. The summed E-state index contributed by atoms with van der Waals surface area (Å²) in [6.07, 6.45) is 18.8. The SMILES string of the molecule is CCCCCCCCc1ccc(-c2ccc(OC(=O)c3ccc(CCCCCCCC)cc3F)cc2)nc1. The highest BCUT2D eigenvalue weighted by Crippen LogP contribution is 2.23. The first-order valence-corrected chi connectivity index (χ1v) is 14.7. The fourth-order valence-corrected chi connectivity index (χ4v) is 4.70. The first-order chi connectivity index (χ1) is 18.6. The highest BCUT2D eigenvalue weighted by Gasteiger charge is 2.15. The minimum absolute atomic E-state index is 0.0385. The predicted octanol–water partition coefficient (Wildman–Crippen LogP) is 9.91. The molecule has 204 valence electrons. The summed E-state index contributed by atoms with van der Waals surface area (Å²) < 4.78 is 20.1. The summed E-state index contributed by atoms with van der Waals surface area (Å²) in [5.74, 6) is -0.826. The van der Waals surface area contributed by atoms with Gasteiger partial charge in [-0.15, -0.1) is 0 Å². The molecule has 4 heteroatoms. The molecule has 0 aliphatic rings. The number of carbonyl (C=O) groups is 1. The smallest absolute Gasteiger partial charge is 0.346 e. The molecule has 38 heavy (non-hydrogen) atoms. The number of nitrogens with zero attached hydrogens (tertiary/aromatic N) is 1. The molecule has 0 saturated heterocycles. The number of benzene rings is 2. The van der Waals surface area contributed by atoms with Crippen LogP contribution >= 0.6 is 0 Å². The molecule has 0 spiro atoms. The Morgan fingerprint density at radius 1 is 0.711 bits per heavy atom. The number of esters is 1. The summed E-state index contributed by atoms with van der Waals surface area (Å²) in [5.41, 5.74) is 3.96. The van der Waals surface area contributed by atoms with Crippen LogP contribution in [0.5, 0.6) is 5.75 Å². The quantitative estimate of drug-likeness (QED) is 0.102. The molecule has 0 aliphatic carbocycles. The number of aromatic nitrogens is 1. The van der Waals surface area contributed by atoms with E-state index in [1.165, 1.54) is 81.9 Å². The Morgan fingerprint density at radius 3 is 1.87 bits per heavy atom. The standard InChI is InChI=1S/C34H44FNO2/c1-3-5-7-9-11-13-15-27-17-23-31(32(35)25-27)34(37)38-30-21-19-29(20-22-30)33-24-18-28(26-36-33)16-14-12-10-8-6-4-2/h17-26H,3-16H2,1-2H3. The van der Waals surface area contributed by atoms with Gasteiger partial charge in [-0.2, -0.15) is 0 Å². The minimum atomic E-state index is -0.682. The van der Waals surface area contributed by atoms with E-state index in [9.17, 15) is 9.18 Å². The molecule has 0 unspecified atom stereocenters. The van der Waals surface area contributed by atoms with E-state index < -0.39 is 11.8 Å². The normalized spacial score (nSPS) is 11.0. The van der Waals surface area contributed by atoms with Gasteiger partial charge in [-0.05, 0) is 79.3 Å². The summed E-state index contributed by atoms with van der Waals surface area (Å²) in [5, 5.41) is 0. The van der Waals surface area contributed by atoms with Gasteiger partial charge < -0.3 is 4.74 Å². The van der Waals surface area contributed by atoms with Gasteiger partial charge in [0.25, 0.3) is 0 Å². The Hall–Kier alpha value is -3.01. The maximum Gasteiger partial charge on any atom is 0.346 e. The maximum absolute atomic E-state index is 14.6. The largest absolute Gasteiger partial charge is 0.423 e. The average Bonchev–Trinajstić information content (AvgIpc) is 2.93. The lowest BCUT2D eigenvalue weighted by molar-refractivity contribution is 0.0730. The highest BCUT2D eigenvalue weighted by atomic mass is 19.1. The van der Waals surface area contributed by atoms with Crippen LogP contribution in [0.15, 0.2) is 60.8 Å². The topological polar surface area (TPSA) is 39.2 Å². The van der Waals surface area contributed by atoms with Crippen molar-refractivity contribution in [3.63, 3.8) is 0 Å². The molecule has 0 aliphatic heterocycles. The molecule has 3 aromatic rings. The molecule has 2 aromatic carbocycles. The molecule has 3 rings (SSSR count). The van der Waals surface area contributed by atoms with Crippen molar-refractivity contribution in [1.29, 1.82) is 0 Å². The van der Waals surface area contributed by atoms with Gasteiger partial charge >= 0.3 is 5.97 Å². The number of pyridine rings is 1. The number of halogens is 1. The number of carbonyl (C=O) groups excluding carboxylic acids is 1. The van der Waals surface area contributed by atoms with E-state index in [1.807, 2.05) is 30.5 Å². The molecule has 3 nitrogen and oxygen atoms in total. The van der Waals surface area contributed by atoms with Gasteiger partial charge in [-0.1, -0.05) is 90.2 Å². The van der Waals surface area contributed by atoms with Gasteiger partial charge in [0.1, 0.15) is 11.6 Å². The van der Waals surface area contributed by atoms with Crippen molar-refractivity contribution in [3.05, 3.63) is 83.3 Å². The second kappa shape index (κ2) is 16.8. The zero-order valence-corrected chi connectivity index (χ0v) is 23.3. The summed E-state index contributed by atoms with van der Waals surface area (Å²) in [6, 6.07) is 16.2. The molecule has 0 radical (unpaired) electrons. The lowest BCUT2D eigenvalue weighted by Gasteiger charge is -2.08. The second-order valence-corrected chi connectivity index (χ2v) is 10.3. The fourth-order valence-electron chi connectivity index (χ4n) is 4.70. The van der Waals surface area contributed by atoms with Crippen LogP contribution in [0.3, 0.4) is 0 Å². The van der Waals surface area contributed by atoms with E-state index in [0.717, 1.165) is 42.5 Å². The fraction of sp³-hybridized carbons (Fsp3) is 0.471. The molecule has 0 fully saturated rings. The van der Waals surface area contributed by atoms with Crippen molar-refractivity contribution in [1.82, 2.24) is 4.98 Å². The molecule has 0 N–H and O–H groups in total. The van der Waals surface area contributed by atoms with E-state index in [-0.39, 0.29) is 5.56 Å². The summed E-state index contributed by atoms with van der Waals surface area (Å²) in [4.78, 5) is 17.2. The lowest BCUT2D eigenvalue weighted by Crippen LogP contribution is -2.11. The molecular weight excluding hydrogens is 473 g/mol. The monoisotopic (exact) mass is 517 g/mol. The Bertz CT molecular complexity index is 1090. The summed E-state index contributed by atoms with van der Waals surface area (Å²) in [6.45, 7) is 4.45. The van der Waals surface area contributed by atoms with E-state index in [1.54, 1.807) is 12.1 Å². The van der Waals surface area contributed by atoms with Crippen molar-refractivity contribution >= 4 is 5.97 Å². The predicted molar refractivity (Wildman–Crippen MR) is 155 cm³/mol. The zero-order chi connectivity index (χ0) is 27.0. The van der Waals surface area contributed by atoms with Gasteiger partial charge in [-0.3, -0.25) is 4.98 Å². The van der Waals surface area contributed by atoms with E-state index in [2.05, 4.69) is 24.9 Å². The number of unbranched alkanes of at least 4 members (excludes halogenated alkanes) is 10. The third kappa shape index (κ3) is 10.0. The average molecular weight is 518 g/mol. The van der Waals surface area contributed by atoms with Crippen molar-refractivity contribution in [2.24, 2.45) is 0 Å². The third-order valence-corrected chi connectivity index (χ3v) is 7.08. The number of aryl methyl sites for hydroxylation is 2. The van der Waals surface area contributed by atoms with Gasteiger partial charge in [0.2, 0.25) is 0 Å². The van der Waals surface area contributed by atoms with Crippen molar-refractivity contribution < 1.29 is 13.9 Å². The molecule has 0 atom stereocenters. The molecule has 0 saturated carbocycles. The minimum Gasteiger partial charge on any atom is -0.423 e. The Balaban J connectivity index is 1.47. The first kappa shape index (κ1) is 29.5. The van der Waals surface area contributed by atoms with E-state index >= 15 is 0 Å². The molecule has 0 amide bonds. The second-order valence-electron chi connectivity index (χ2n) is 10.3. The van der Waals surface area contributed by atoms with Crippen LogP contribution in [0.25, 0.3) is 11.3 Å². The van der Waals surface area contributed by atoms with E-state index in [4.69, 9.17) is 4.74 Å². The van der Waals surface area contributed by atoms with Crippen LogP contribution in [0, 0.1) is 5.82 Å². The van der Waals surface area contributed by atoms with Gasteiger partial charge in [0.05, 0.1) is 11.3 Å². The van der Waals surface area contributed by atoms with Crippen LogP contribution in [0.2, 0.25) is 0 Å². The molecule has 0 bridgehead atoms. The Kier molecular flexibility index (Phi) is 13.0. The van der Waals surface area contributed by atoms with Crippen LogP contribution < -0.4 is 4.74 Å². The number of hydrogen-bond acceptors (Lipinski definition) is 3. The Labute approximate surface area is 228 Å². The van der Waals surface area contributed by atoms with Crippen molar-refractivity contribution in [2.45, 2.75) is 104 Å². The van der Waals surface area contributed by atoms with Crippen LogP contribution in [0.4, 0.5) is 4.39 Å². The number of ether oxygens (including phenoxy) is 1. The highest BCUT2D eigenvalue weighted by molar-refractivity contribution is 5.91. The summed E-state index contributed by atoms with van der Waals surface area (Å²) in [7, 11) is 0. The van der Waals surface area contributed by atoms with Crippen LogP contribution in [0.1, 0.15) is 112 Å². The van der Waals surface area contributed by atoms with Gasteiger partial charge in [-0.25, -0.2) is 9.18 Å². The molecule has 1 heterocycles. The van der Waals surface area contributed by atoms with Crippen molar-refractivity contribution in [2.75, 3.05) is 0 Å². The number of rotatable bonds is 17. The molecule has 1 aromatic heterocycles. The third-order valence-electron chi connectivity index (χ3n) is 7.08. The van der Waals surface area contributed by atoms with E-state index in [0.29, 0.717) is 5.75 Å². The van der Waals surface area contributed by atoms with Crippen molar-refractivity contribution in [3.8, 4) is 17.0 Å². The van der Waals surface area contributed by atoms with Gasteiger partial charge in [0.15, 0.2) is 0 Å². The van der Waals surface area contributed by atoms with Crippen LogP contribution in [-0.4, -0.2) is 11.0 Å². The maximum atomic E-state index is 14.6. The lowest BCUT2D eigenvalue weighted by atomic mass is 10.0.